The zero-order chi connectivity index (χ0) is 21.5. The van der Waals surface area contributed by atoms with Gasteiger partial charge in [-0.25, -0.2) is 4.79 Å². The standard InChI is InChI=1S/C22H23ClN4O3/c1-15(2)27-20(11-12-25-27)21(28)24-13-16-5-9-19(10-6-16)26-22(29)30-14-17-3-7-18(23)8-4-17/h3-12,15H,13-14H2,1-2H3,(H,24,28)(H,26,29). The molecule has 156 valence electrons. The fourth-order valence-electron chi connectivity index (χ4n) is 2.77. The van der Waals surface area contributed by atoms with Gasteiger partial charge in [-0.3, -0.25) is 14.8 Å². The van der Waals surface area contributed by atoms with Crippen LogP contribution in [0.3, 0.4) is 0 Å². The van der Waals surface area contributed by atoms with Crippen LogP contribution in [-0.4, -0.2) is 21.8 Å². The number of halogens is 1. The van der Waals surface area contributed by atoms with E-state index >= 15 is 0 Å². The maximum Gasteiger partial charge on any atom is 0.411 e. The average molecular weight is 427 g/mol. The minimum Gasteiger partial charge on any atom is -0.444 e. The molecule has 0 spiro atoms. The zero-order valence-electron chi connectivity index (χ0n) is 16.8. The van der Waals surface area contributed by atoms with Crippen molar-refractivity contribution in [3.8, 4) is 0 Å². The van der Waals surface area contributed by atoms with Crippen LogP contribution in [0.4, 0.5) is 10.5 Å². The number of anilines is 1. The third-order valence-electron chi connectivity index (χ3n) is 4.33. The summed E-state index contributed by atoms with van der Waals surface area (Å²) >= 11 is 5.83. The summed E-state index contributed by atoms with van der Waals surface area (Å²) in [6.07, 6.45) is 1.06. The van der Waals surface area contributed by atoms with Gasteiger partial charge >= 0.3 is 6.09 Å². The first-order chi connectivity index (χ1) is 14.4. The van der Waals surface area contributed by atoms with Crippen molar-refractivity contribution in [1.82, 2.24) is 15.1 Å². The van der Waals surface area contributed by atoms with Gasteiger partial charge in [0.2, 0.25) is 0 Å². The Balaban J connectivity index is 1.47. The van der Waals surface area contributed by atoms with E-state index in [4.69, 9.17) is 16.3 Å². The first-order valence-electron chi connectivity index (χ1n) is 9.51. The number of nitrogens with zero attached hydrogens (tertiary/aromatic N) is 2. The van der Waals surface area contributed by atoms with Crippen molar-refractivity contribution in [1.29, 1.82) is 0 Å². The molecule has 2 amide bonds. The first-order valence-corrected chi connectivity index (χ1v) is 9.89. The van der Waals surface area contributed by atoms with Crippen LogP contribution in [0.25, 0.3) is 0 Å². The lowest BCUT2D eigenvalue weighted by molar-refractivity contribution is 0.0938. The van der Waals surface area contributed by atoms with Gasteiger partial charge in [-0.1, -0.05) is 35.9 Å². The van der Waals surface area contributed by atoms with Crippen LogP contribution in [-0.2, 0) is 17.9 Å². The number of nitrogens with one attached hydrogen (secondary N) is 2. The number of carbonyl (C=O) groups is 2. The Labute approximate surface area is 180 Å². The number of hydrogen-bond acceptors (Lipinski definition) is 4. The Morgan fingerprint density at radius 3 is 2.37 bits per heavy atom. The molecule has 8 heteroatoms. The molecule has 0 saturated heterocycles. The van der Waals surface area contributed by atoms with Gasteiger partial charge in [0.05, 0.1) is 0 Å². The second kappa shape index (κ2) is 9.93. The molecular weight excluding hydrogens is 404 g/mol. The van der Waals surface area contributed by atoms with Gasteiger partial charge in [0.1, 0.15) is 12.3 Å². The lowest BCUT2D eigenvalue weighted by atomic mass is 10.2. The Kier molecular flexibility index (Phi) is 7.08. The highest BCUT2D eigenvalue weighted by atomic mass is 35.5. The molecule has 1 heterocycles. The van der Waals surface area contributed by atoms with Crippen molar-refractivity contribution in [2.24, 2.45) is 0 Å². The van der Waals surface area contributed by atoms with Gasteiger partial charge in [-0.15, -0.1) is 0 Å². The number of carbonyl (C=O) groups excluding carboxylic acids is 2. The fourth-order valence-corrected chi connectivity index (χ4v) is 2.89. The predicted molar refractivity (Wildman–Crippen MR) is 115 cm³/mol. The molecule has 3 aromatic rings. The Bertz CT molecular complexity index is 998. The monoisotopic (exact) mass is 426 g/mol. The maximum atomic E-state index is 12.4. The number of amides is 2. The summed E-state index contributed by atoms with van der Waals surface area (Å²) in [5, 5.41) is 10.3. The van der Waals surface area contributed by atoms with E-state index in [-0.39, 0.29) is 18.6 Å². The van der Waals surface area contributed by atoms with E-state index in [2.05, 4.69) is 15.7 Å². The van der Waals surface area contributed by atoms with E-state index in [1.807, 2.05) is 26.0 Å². The quantitative estimate of drug-likeness (QED) is 0.568. The molecule has 2 aromatic carbocycles. The van der Waals surface area contributed by atoms with E-state index in [9.17, 15) is 9.59 Å². The summed E-state index contributed by atoms with van der Waals surface area (Å²) in [5.41, 5.74) is 2.87. The van der Waals surface area contributed by atoms with Gasteiger partial charge in [-0.2, -0.15) is 5.10 Å². The van der Waals surface area contributed by atoms with Crippen LogP contribution >= 0.6 is 11.6 Å². The number of benzene rings is 2. The second-order valence-electron chi connectivity index (χ2n) is 6.96. The number of rotatable bonds is 7. The van der Waals surface area contributed by atoms with Crippen LogP contribution in [0.2, 0.25) is 5.02 Å². The average Bonchev–Trinajstić information content (AvgIpc) is 3.23. The Morgan fingerprint density at radius 2 is 1.70 bits per heavy atom. The zero-order valence-corrected chi connectivity index (χ0v) is 17.5. The summed E-state index contributed by atoms with van der Waals surface area (Å²) in [4.78, 5) is 24.3. The molecule has 0 atom stereocenters. The van der Waals surface area contributed by atoms with Crippen molar-refractivity contribution in [2.75, 3.05) is 5.32 Å². The summed E-state index contributed by atoms with van der Waals surface area (Å²) in [6.45, 7) is 4.45. The largest absolute Gasteiger partial charge is 0.444 e. The molecule has 30 heavy (non-hydrogen) atoms. The maximum absolute atomic E-state index is 12.4. The smallest absolute Gasteiger partial charge is 0.411 e. The van der Waals surface area contributed by atoms with Crippen molar-refractivity contribution < 1.29 is 14.3 Å². The van der Waals surface area contributed by atoms with Gasteiger partial charge < -0.3 is 10.1 Å². The van der Waals surface area contributed by atoms with Gasteiger partial charge in [0.15, 0.2) is 0 Å². The third kappa shape index (κ3) is 5.84. The summed E-state index contributed by atoms with van der Waals surface area (Å²) in [5.74, 6) is -0.186. The Hall–Kier alpha value is -3.32. The summed E-state index contributed by atoms with van der Waals surface area (Å²) in [7, 11) is 0. The lowest BCUT2D eigenvalue weighted by Crippen LogP contribution is -2.26. The molecule has 3 rings (SSSR count). The Morgan fingerprint density at radius 1 is 1.03 bits per heavy atom. The van der Waals surface area contributed by atoms with E-state index in [1.54, 1.807) is 53.3 Å². The molecule has 0 unspecified atom stereocenters. The molecule has 0 saturated carbocycles. The third-order valence-corrected chi connectivity index (χ3v) is 4.58. The normalized spacial score (nSPS) is 10.7. The van der Waals surface area contributed by atoms with Crippen LogP contribution < -0.4 is 10.6 Å². The predicted octanol–water partition coefficient (Wildman–Crippen LogP) is 4.80. The molecule has 0 fully saturated rings. The van der Waals surface area contributed by atoms with Gasteiger partial charge in [0.25, 0.3) is 5.91 Å². The van der Waals surface area contributed by atoms with E-state index < -0.39 is 6.09 Å². The van der Waals surface area contributed by atoms with Gasteiger partial charge in [-0.05, 0) is 55.3 Å². The molecule has 0 aliphatic carbocycles. The van der Waals surface area contributed by atoms with Crippen molar-refractivity contribution in [2.45, 2.75) is 33.0 Å². The summed E-state index contributed by atoms with van der Waals surface area (Å²) in [6, 6.07) is 16.0. The first kappa shape index (κ1) is 21.4. The van der Waals surface area contributed by atoms with Crippen molar-refractivity contribution >= 4 is 29.3 Å². The van der Waals surface area contributed by atoms with Crippen LogP contribution in [0.15, 0.2) is 60.8 Å². The molecule has 7 nitrogen and oxygen atoms in total. The number of ether oxygens (including phenoxy) is 1. The fraction of sp³-hybridized carbons (Fsp3) is 0.227. The van der Waals surface area contributed by atoms with Crippen LogP contribution in [0.1, 0.15) is 41.5 Å². The molecule has 0 aliphatic heterocycles. The van der Waals surface area contributed by atoms with Crippen molar-refractivity contribution in [3.63, 3.8) is 0 Å². The van der Waals surface area contributed by atoms with Crippen LogP contribution in [0, 0.1) is 0 Å². The minimum absolute atomic E-state index is 0.102. The van der Waals surface area contributed by atoms with Crippen LogP contribution in [0.5, 0.6) is 0 Å². The molecular formula is C22H23ClN4O3. The highest BCUT2D eigenvalue weighted by Gasteiger charge is 2.13. The van der Waals surface area contributed by atoms with E-state index in [1.165, 1.54) is 0 Å². The number of hydrogen-bond donors (Lipinski definition) is 2. The molecule has 1 aromatic heterocycles. The molecule has 0 bridgehead atoms. The highest BCUT2D eigenvalue weighted by Crippen LogP contribution is 2.13. The lowest BCUT2D eigenvalue weighted by Gasteiger charge is -2.11. The minimum atomic E-state index is -0.548. The topological polar surface area (TPSA) is 85.3 Å². The highest BCUT2D eigenvalue weighted by molar-refractivity contribution is 6.30. The number of aromatic nitrogens is 2. The molecule has 0 aliphatic rings. The van der Waals surface area contributed by atoms with Crippen molar-refractivity contribution in [3.05, 3.63) is 82.6 Å². The summed E-state index contributed by atoms with van der Waals surface area (Å²) < 4.78 is 6.87. The van der Waals surface area contributed by atoms with E-state index in [0.717, 1.165) is 11.1 Å². The van der Waals surface area contributed by atoms with Gasteiger partial charge in [0, 0.05) is 29.5 Å². The second-order valence-corrected chi connectivity index (χ2v) is 7.40. The SMILES string of the molecule is CC(C)n1nccc1C(=O)NCc1ccc(NC(=O)OCc2ccc(Cl)cc2)cc1. The van der Waals surface area contributed by atoms with E-state index in [0.29, 0.717) is 22.9 Å². The molecule has 2 N–H and O–H groups in total. The molecule has 0 radical (unpaired) electrons.